The van der Waals surface area contributed by atoms with Crippen LogP contribution >= 0.6 is 11.8 Å². The first-order chi connectivity index (χ1) is 14.8. The van der Waals surface area contributed by atoms with Gasteiger partial charge in [0.05, 0.1) is 13.2 Å². The number of thioether (sulfide) groups is 1. The number of carbonyl (C=O) groups excluding carboxylic acids is 1. The Bertz CT molecular complexity index is 926. The van der Waals surface area contributed by atoms with Crippen LogP contribution in [0.25, 0.3) is 0 Å². The zero-order valence-corrected chi connectivity index (χ0v) is 17.7. The molecule has 1 heterocycles. The molecule has 0 aliphatic carbocycles. The monoisotopic (exact) mass is 418 g/mol. The lowest BCUT2D eigenvalue weighted by Crippen LogP contribution is -2.35. The van der Waals surface area contributed by atoms with Crippen LogP contribution in [0.15, 0.2) is 89.8 Å². The highest BCUT2D eigenvalue weighted by Crippen LogP contribution is 2.36. The minimum Gasteiger partial charge on any atom is -0.379 e. The zero-order valence-electron chi connectivity index (χ0n) is 16.9. The SMILES string of the molecule is O=C(Nc1ccc(CN2CCOCC2)cc1)C(Sc1ccccc1)c1ccccc1. The maximum atomic E-state index is 13.2. The average molecular weight is 419 g/mol. The van der Waals surface area contributed by atoms with Crippen LogP contribution in [-0.2, 0) is 16.1 Å². The van der Waals surface area contributed by atoms with Crippen LogP contribution in [0, 0.1) is 0 Å². The van der Waals surface area contributed by atoms with Gasteiger partial charge in [-0.25, -0.2) is 0 Å². The van der Waals surface area contributed by atoms with E-state index in [2.05, 4.69) is 22.3 Å². The quantitative estimate of drug-likeness (QED) is 0.549. The third-order valence-electron chi connectivity index (χ3n) is 5.07. The molecular formula is C25H26N2O2S. The van der Waals surface area contributed by atoms with E-state index in [4.69, 9.17) is 4.74 Å². The summed E-state index contributed by atoms with van der Waals surface area (Å²) >= 11 is 1.57. The van der Waals surface area contributed by atoms with E-state index in [1.807, 2.05) is 72.8 Å². The molecule has 5 heteroatoms. The van der Waals surface area contributed by atoms with Gasteiger partial charge in [0.1, 0.15) is 5.25 Å². The molecule has 0 aromatic heterocycles. The summed E-state index contributed by atoms with van der Waals surface area (Å²) in [5.41, 5.74) is 3.06. The van der Waals surface area contributed by atoms with Crippen molar-refractivity contribution in [2.75, 3.05) is 31.6 Å². The molecule has 4 nitrogen and oxygen atoms in total. The maximum absolute atomic E-state index is 13.2. The van der Waals surface area contributed by atoms with E-state index in [0.717, 1.165) is 49.0 Å². The summed E-state index contributed by atoms with van der Waals surface area (Å²) in [5, 5.41) is 2.78. The van der Waals surface area contributed by atoms with E-state index in [0.29, 0.717) is 0 Å². The fourth-order valence-corrected chi connectivity index (χ4v) is 4.50. The molecule has 3 aromatic carbocycles. The first kappa shape index (κ1) is 20.7. The van der Waals surface area contributed by atoms with Crippen LogP contribution in [0.5, 0.6) is 0 Å². The zero-order chi connectivity index (χ0) is 20.6. The summed E-state index contributed by atoms with van der Waals surface area (Å²) < 4.78 is 5.41. The van der Waals surface area contributed by atoms with E-state index in [-0.39, 0.29) is 11.2 Å². The third kappa shape index (κ3) is 5.72. The van der Waals surface area contributed by atoms with E-state index >= 15 is 0 Å². The van der Waals surface area contributed by atoms with Gasteiger partial charge in [0.15, 0.2) is 0 Å². The molecule has 1 aliphatic heterocycles. The average Bonchev–Trinajstić information content (AvgIpc) is 2.81. The minimum atomic E-state index is -0.318. The Morgan fingerprint density at radius 2 is 1.53 bits per heavy atom. The third-order valence-corrected chi connectivity index (χ3v) is 6.34. The highest BCUT2D eigenvalue weighted by Gasteiger charge is 2.22. The number of carbonyl (C=O) groups is 1. The number of amides is 1. The molecular weight excluding hydrogens is 392 g/mol. The molecule has 0 saturated carbocycles. The summed E-state index contributed by atoms with van der Waals surface area (Å²) in [6.45, 7) is 4.44. The molecule has 1 saturated heterocycles. The Hall–Kier alpha value is -2.60. The van der Waals surface area contributed by atoms with Gasteiger partial charge in [-0.1, -0.05) is 60.7 Å². The number of rotatable bonds is 7. The molecule has 1 N–H and O–H groups in total. The van der Waals surface area contributed by atoms with Crippen molar-refractivity contribution >= 4 is 23.4 Å². The predicted molar refractivity (Wildman–Crippen MR) is 123 cm³/mol. The lowest BCUT2D eigenvalue weighted by Gasteiger charge is -2.26. The van der Waals surface area contributed by atoms with Crippen molar-refractivity contribution in [2.45, 2.75) is 16.7 Å². The van der Waals surface area contributed by atoms with Crippen molar-refractivity contribution in [2.24, 2.45) is 0 Å². The van der Waals surface area contributed by atoms with Gasteiger partial charge >= 0.3 is 0 Å². The van der Waals surface area contributed by atoms with Crippen molar-refractivity contribution in [1.29, 1.82) is 0 Å². The van der Waals surface area contributed by atoms with Crippen molar-refractivity contribution in [1.82, 2.24) is 4.90 Å². The first-order valence-electron chi connectivity index (χ1n) is 10.2. The molecule has 1 aliphatic rings. The highest BCUT2D eigenvalue weighted by atomic mass is 32.2. The lowest BCUT2D eigenvalue weighted by atomic mass is 10.1. The van der Waals surface area contributed by atoms with Gasteiger partial charge in [0.2, 0.25) is 5.91 Å². The summed E-state index contributed by atoms with van der Waals surface area (Å²) in [6, 6.07) is 28.1. The number of morpholine rings is 1. The molecule has 30 heavy (non-hydrogen) atoms. The van der Waals surface area contributed by atoms with E-state index in [9.17, 15) is 4.79 Å². The molecule has 1 fully saturated rings. The van der Waals surface area contributed by atoms with Gasteiger partial charge in [-0.15, -0.1) is 11.8 Å². The summed E-state index contributed by atoms with van der Waals surface area (Å²) in [7, 11) is 0. The Balaban J connectivity index is 1.44. The molecule has 1 atom stereocenters. The van der Waals surface area contributed by atoms with Crippen molar-refractivity contribution in [3.63, 3.8) is 0 Å². The Kier molecular flexibility index (Phi) is 7.19. The van der Waals surface area contributed by atoms with Gasteiger partial charge in [-0.05, 0) is 35.4 Å². The van der Waals surface area contributed by atoms with Crippen molar-refractivity contribution < 1.29 is 9.53 Å². The van der Waals surface area contributed by atoms with Crippen LogP contribution in [-0.4, -0.2) is 37.1 Å². The lowest BCUT2D eigenvalue weighted by molar-refractivity contribution is -0.115. The standard InChI is InChI=1S/C25H26N2O2S/c28-25(24(21-7-3-1-4-8-21)30-23-9-5-2-6-10-23)26-22-13-11-20(12-14-22)19-27-15-17-29-18-16-27/h1-14,24H,15-19H2,(H,26,28). The number of hydrogen-bond acceptors (Lipinski definition) is 4. The number of benzene rings is 3. The summed E-state index contributed by atoms with van der Waals surface area (Å²) in [6.07, 6.45) is 0. The number of nitrogens with one attached hydrogen (secondary N) is 1. The molecule has 1 amide bonds. The van der Waals surface area contributed by atoms with Gasteiger partial charge in [-0.3, -0.25) is 9.69 Å². The topological polar surface area (TPSA) is 41.6 Å². The fourth-order valence-electron chi connectivity index (χ4n) is 3.45. The van der Waals surface area contributed by atoms with Gasteiger partial charge < -0.3 is 10.1 Å². The van der Waals surface area contributed by atoms with Crippen molar-refractivity contribution in [3.05, 3.63) is 96.1 Å². The largest absolute Gasteiger partial charge is 0.379 e. The van der Waals surface area contributed by atoms with E-state index < -0.39 is 0 Å². The Morgan fingerprint density at radius 1 is 0.900 bits per heavy atom. The normalized spacial score (nSPS) is 15.5. The fraction of sp³-hybridized carbons (Fsp3) is 0.240. The Labute approximate surface area is 182 Å². The minimum absolute atomic E-state index is 0.0176. The highest BCUT2D eigenvalue weighted by molar-refractivity contribution is 8.00. The van der Waals surface area contributed by atoms with Gasteiger partial charge in [0.25, 0.3) is 0 Å². The molecule has 0 spiro atoms. The maximum Gasteiger partial charge on any atom is 0.242 e. The van der Waals surface area contributed by atoms with Crippen LogP contribution in [0.2, 0.25) is 0 Å². The van der Waals surface area contributed by atoms with E-state index in [1.165, 1.54) is 5.56 Å². The molecule has 0 radical (unpaired) electrons. The second-order valence-corrected chi connectivity index (χ2v) is 8.47. The number of anilines is 1. The number of nitrogens with zero attached hydrogens (tertiary/aromatic N) is 1. The van der Waals surface area contributed by atoms with Crippen molar-refractivity contribution in [3.8, 4) is 0 Å². The smallest absolute Gasteiger partial charge is 0.242 e. The van der Waals surface area contributed by atoms with Gasteiger partial charge in [-0.2, -0.15) is 0 Å². The summed E-state index contributed by atoms with van der Waals surface area (Å²) in [5.74, 6) is -0.0176. The molecule has 3 aromatic rings. The Morgan fingerprint density at radius 3 is 2.20 bits per heavy atom. The second kappa shape index (κ2) is 10.4. The van der Waals surface area contributed by atoms with Crippen LogP contribution in [0.1, 0.15) is 16.4 Å². The van der Waals surface area contributed by atoms with Crippen LogP contribution < -0.4 is 5.32 Å². The summed E-state index contributed by atoms with van der Waals surface area (Å²) in [4.78, 5) is 16.6. The van der Waals surface area contributed by atoms with Crippen LogP contribution in [0.3, 0.4) is 0 Å². The molecule has 4 rings (SSSR count). The van der Waals surface area contributed by atoms with Crippen LogP contribution in [0.4, 0.5) is 5.69 Å². The molecule has 1 unspecified atom stereocenters. The predicted octanol–water partition coefficient (Wildman–Crippen LogP) is 4.99. The second-order valence-electron chi connectivity index (χ2n) is 7.30. The van der Waals surface area contributed by atoms with E-state index in [1.54, 1.807) is 11.8 Å². The molecule has 0 bridgehead atoms. The number of hydrogen-bond donors (Lipinski definition) is 1. The first-order valence-corrected chi connectivity index (χ1v) is 11.1. The number of ether oxygens (including phenoxy) is 1. The van der Waals surface area contributed by atoms with Gasteiger partial charge in [0, 0.05) is 30.2 Å². The molecule has 154 valence electrons.